The number of pyridine rings is 1. The first-order valence-corrected chi connectivity index (χ1v) is 17.2. The highest BCUT2D eigenvalue weighted by molar-refractivity contribution is 6.23. The molecule has 0 bridgehead atoms. The van der Waals surface area contributed by atoms with Crippen LogP contribution in [0.15, 0.2) is 133 Å². The molecule has 8 aromatic carbocycles. The summed E-state index contributed by atoms with van der Waals surface area (Å²) in [5.74, 6) is -4.36. The van der Waals surface area contributed by atoms with Crippen LogP contribution in [0.1, 0.15) is 5.56 Å². The van der Waals surface area contributed by atoms with E-state index >= 15 is 0 Å². The molecular formula is C46H27N3O5. The first-order valence-electron chi connectivity index (χ1n) is 17.2. The summed E-state index contributed by atoms with van der Waals surface area (Å²) < 4.78 is 2.13. The lowest BCUT2D eigenvalue weighted by atomic mass is 9.84. The van der Waals surface area contributed by atoms with Gasteiger partial charge in [-0.15, -0.1) is 0 Å². The molecule has 0 radical (unpaired) electrons. The quantitative estimate of drug-likeness (QED) is 0.0534. The molecule has 8 heteroatoms. The summed E-state index contributed by atoms with van der Waals surface area (Å²) in [5, 5.41) is 69.0. The monoisotopic (exact) mass is 701 g/mol. The number of rotatable bonds is 3. The molecule has 0 fully saturated rings. The second kappa shape index (κ2) is 11.4. The van der Waals surface area contributed by atoms with Crippen LogP contribution in [0.5, 0.6) is 28.7 Å². The largest absolute Gasteiger partial charge is 0.504 e. The molecule has 2 heterocycles. The molecule has 0 aliphatic carbocycles. The number of hydrogen-bond donors (Lipinski definition) is 5. The molecule has 0 unspecified atom stereocenters. The van der Waals surface area contributed by atoms with Crippen molar-refractivity contribution in [3.63, 3.8) is 0 Å². The van der Waals surface area contributed by atoms with Gasteiger partial charge < -0.3 is 25.5 Å². The van der Waals surface area contributed by atoms with Gasteiger partial charge in [0.1, 0.15) is 5.65 Å². The van der Waals surface area contributed by atoms with E-state index in [9.17, 15) is 30.8 Å². The predicted octanol–water partition coefficient (Wildman–Crippen LogP) is 10.5. The molecule has 10 rings (SSSR count). The Morgan fingerprint density at radius 1 is 0.426 bits per heavy atom. The van der Waals surface area contributed by atoms with E-state index in [4.69, 9.17) is 4.98 Å². The third-order valence-electron chi connectivity index (χ3n) is 10.5. The summed E-state index contributed by atoms with van der Waals surface area (Å²) in [7, 11) is 0. The number of imidazole rings is 1. The lowest BCUT2D eigenvalue weighted by Crippen LogP contribution is -1.93. The first-order chi connectivity index (χ1) is 26.3. The van der Waals surface area contributed by atoms with Gasteiger partial charge in [-0.25, -0.2) is 4.98 Å². The number of hydrogen-bond acceptors (Lipinski definition) is 7. The second-order valence-electron chi connectivity index (χ2n) is 13.4. The molecule has 0 spiro atoms. The van der Waals surface area contributed by atoms with Gasteiger partial charge in [0, 0.05) is 16.3 Å². The minimum Gasteiger partial charge on any atom is -0.504 e. The van der Waals surface area contributed by atoms with Crippen LogP contribution in [-0.2, 0) is 0 Å². The van der Waals surface area contributed by atoms with Gasteiger partial charge in [-0.3, -0.25) is 4.40 Å². The van der Waals surface area contributed by atoms with E-state index < -0.39 is 28.7 Å². The second-order valence-corrected chi connectivity index (χ2v) is 13.4. The summed E-state index contributed by atoms with van der Waals surface area (Å²) in [5.41, 5.74) is 8.15. The zero-order chi connectivity index (χ0) is 36.8. The average Bonchev–Trinajstić information content (AvgIpc) is 3.62. The van der Waals surface area contributed by atoms with Gasteiger partial charge in [0.15, 0.2) is 11.5 Å². The van der Waals surface area contributed by atoms with Gasteiger partial charge in [0.05, 0.1) is 33.7 Å². The van der Waals surface area contributed by atoms with Crippen molar-refractivity contribution in [2.75, 3.05) is 0 Å². The Kier molecular flexibility index (Phi) is 6.53. The van der Waals surface area contributed by atoms with Crippen LogP contribution >= 0.6 is 0 Å². The van der Waals surface area contributed by atoms with Crippen molar-refractivity contribution in [1.82, 2.24) is 9.38 Å². The van der Waals surface area contributed by atoms with E-state index in [1.165, 1.54) is 0 Å². The number of para-hydroxylation sites is 2. The summed E-state index contributed by atoms with van der Waals surface area (Å²) in [6.07, 6.45) is 0. The number of phenols is 5. The number of fused-ring (bicyclic) bond motifs is 10. The van der Waals surface area contributed by atoms with Crippen molar-refractivity contribution in [3.8, 4) is 68.2 Å². The molecular weight excluding hydrogens is 675 g/mol. The summed E-state index contributed by atoms with van der Waals surface area (Å²) in [6, 6.07) is 45.9. The topological polar surface area (TPSA) is 142 Å². The summed E-state index contributed by atoms with van der Waals surface area (Å²) in [6.45, 7) is 0. The molecule has 8 nitrogen and oxygen atoms in total. The Hall–Kier alpha value is -7.76. The van der Waals surface area contributed by atoms with E-state index in [1.807, 2.05) is 103 Å². The molecule has 0 aliphatic heterocycles. The summed E-state index contributed by atoms with van der Waals surface area (Å²) in [4.78, 5) is 5.03. The van der Waals surface area contributed by atoms with Crippen LogP contribution in [0.3, 0.4) is 0 Å². The molecule has 10 aromatic rings. The Balaban J connectivity index is 1.22. The molecule has 0 saturated carbocycles. The fourth-order valence-electron chi connectivity index (χ4n) is 8.09. The van der Waals surface area contributed by atoms with Gasteiger partial charge in [0.25, 0.3) is 0 Å². The van der Waals surface area contributed by atoms with E-state index in [0.29, 0.717) is 21.9 Å². The maximum Gasteiger partial charge on any atom is 0.208 e. The van der Waals surface area contributed by atoms with Crippen LogP contribution < -0.4 is 0 Å². The van der Waals surface area contributed by atoms with Crippen LogP contribution in [0.2, 0.25) is 0 Å². The molecule has 2 aromatic heterocycles. The highest BCUT2D eigenvalue weighted by Gasteiger charge is 2.28. The van der Waals surface area contributed by atoms with Crippen LogP contribution in [0.25, 0.3) is 93.3 Å². The van der Waals surface area contributed by atoms with Crippen molar-refractivity contribution in [1.29, 1.82) is 5.26 Å². The number of nitriles is 1. The normalized spacial score (nSPS) is 11.7. The minimum absolute atomic E-state index is 0.194. The molecule has 0 aliphatic rings. The van der Waals surface area contributed by atoms with Crippen molar-refractivity contribution < 1.29 is 25.5 Å². The van der Waals surface area contributed by atoms with Crippen LogP contribution in [0, 0.1) is 11.3 Å². The highest BCUT2D eigenvalue weighted by atomic mass is 16.4. The Morgan fingerprint density at radius 3 is 1.69 bits per heavy atom. The molecule has 0 amide bonds. The maximum absolute atomic E-state index is 11.1. The van der Waals surface area contributed by atoms with E-state index in [1.54, 1.807) is 0 Å². The third-order valence-corrected chi connectivity index (χ3v) is 10.5. The molecule has 0 saturated heterocycles. The minimum atomic E-state index is -1.01. The SMILES string of the molecule is N#Cc1ccc2c3cc(-c4cccc(-c5c6ccccc6c(-c6c(O)c(O)c(O)c(O)c6O)c6ccccc56)c4)ccc3c3nc4ccccc4n3c2c1. The zero-order valence-corrected chi connectivity index (χ0v) is 28.3. The number of benzene rings is 8. The molecule has 0 atom stereocenters. The van der Waals surface area contributed by atoms with Crippen molar-refractivity contribution in [3.05, 3.63) is 139 Å². The smallest absolute Gasteiger partial charge is 0.208 e. The molecule has 256 valence electrons. The van der Waals surface area contributed by atoms with E-state index in [0.717, 1.165) is 71.4 Å². The predicted molar refractivity (Wildman–Crippen MR) is 212 cm³/mol. The Morgan fingerprint density at radius 2 is 1.00 bits per heavy atom. The van der Waals surface area contributed by atoms with Crippen LogP contribution in [0.4, 0.5) is 0 Å². The Bertz CT molecular complexity index is 3220. The maximum atomic E-state index is 11.1. The lowest BCUT2D eigenvalue weighted by Gasteiger charge is -2.20. The number of aromatic nitrogens is 2. The Labute approximate surface area is 306 Å². The lowest BCUT2D eigenvalue weighted by molar-refractivity contribution is 0.330. The summed E-state index contributed by atoms with van der Waals surface area (Å²) >= 11 is 0. The fraction of sp³-hybridized carbons (Fsp3) is 0. The standard InChI is InChI=1S/C46H27N3O5/c47-23-24-16-18-28-34-22-26(17-19-33(34)46-48-35-14-5-6-15-36(35)49(46)37(28)20-24)25-8-7-9-27(21-25)38-29-10-1-3-12-31(29)39(32-13-4-2-11-30(32)38)40-41(50)43(52)45(54)44(53)42(40)51/h1-22,50-54H. The van der Waals surface area contributed by atoms with Crippen molar-refractivity contribution in [2.24, 2.45) is 0 Å². The average molecular weight is 702 g/mol. The molecule has 54 heavy (non-hydrogen) atoms. The van der Waals surface area contributed by atoms with Gasteiger partial charge in [-0.2, -0.15) is 5.26 Å². The molecule has 5 N–H and O–H groups in total. The fourth-order valence-corrected chi connectivity index (χ4v) is 8.09. The van der Waals surface area contributed by atoms with Crippen molar-refractivity contribution >= 4 is 59.9 Å². The van der Waals surface area contributed by atoms with E-state index in [2.05, 4.69) is 40.8 Å². The van der Waals surface area contributed by atoms with Gasteiger partial charge in [-0.1, -0.05) is 91.0 Å². The highest BCUT2D eigenvalue weighted by Crippen LogP contribution is 2.57. The van der Waals surface area contributed by atoms with Gasteiger partial charge in [0.2, 0.25) is 17.2 Å². The van der Waals surface area contributed by atoms with Crippen molar-refractivity contribution in [2.45, 2.75) is 0 Å². The number of nitrogens with zero attached hydrogens (tertiary/aromatic N) is 3. The van der Waals surface area contributed by atoms with Crippen LogP contribution in [-0.4, -0.2) is 34.9 Å². The van der Waals surface area contributed by atoms with Gasteiger partial charge in [-0.05, 0) is 91.6 Å². The number of aromatic hydroxyl groups is 5. The van der Waals surface area contributed by atoms with Gasteiger partial charge >= 0.3 is 0 Å². The van der Waals surface area contributed by atoms with E-state index in [-0.39, 0.29) is 5.56 Å². The first kappa shape index (κ1) is 31.0. The third kappa shape index (κ3) is 4.27. The number of phenolic OH excluding ortho intramolecular Hbond substituents is 5. The zero-order valence-electron chi connectivity index (χ0n) is 28.3.